The minimum Gasteiger partial charge on any atom is -0.258 e. The Hall–Kier alpha value is -1.37. The van der Waals surface area contributed by atoms with Gasteiger partial charge in [0.25, 0.3) is 0 Å². The molecule has 0 spiro atoms. The molecule has 1 nitrogen and oxygen atoms in total. The van der Waals surface area contributed by atoms with Gasteiger partial charge in [0.2, 0.25) is 0 Å². The number of aliphatic imine (C=N–C) groups is 1. The van der Waals surface area contributed by atoms with Crippen LogP contribution < -0.4 is 0 Å². The predicted octanol–water partition coefficient (Wildman–Crippen LogP) is 7.67. The molecule has 140 valence electrons. The van der Waals surface area contributed by atoms with Crippen LogP contribution in [0.15, 0.2) is 52.7 Å². The Bertz CT molecular complexity index is 578. The van der Waals surface area contributed by atoms with Crippen LogP contribution in [0.25, 0.3) is 0 Å². The molecule has 0 amide bonds. The first-order valence-electron chi connectivity index (χ1n) is 9.76. The molecular formula is C24H39N. The Labute approximate surface area is 156 Å². The summed E-state index contributed by atoms with van der Waals surface area (Å²) in [6.45, 7) is 22.1. The second-order valence-corrected chi connectivity index (χ2v) is 9.16. The van der Waals surface area contributed by atoms with Gasteiger partial charge in [-0.05, 0) is 62.9 Å². The molecule has 1 saturated carbocycles. The highest BCUT2D eigenvalue weighted by atomic mass is 14.8. The molecule has 1 fully saturated rings. The third-order valence-corrected chi connectivity index (χ3v) is 5.34. The van der Waals surface area contributed by atoms with E-state index in [1.165, 1.54) is 36.1 Å². The van der Waals surface area contributed by atoms with Crippen molar-refractivity contribution in [1.29, 1.82) is 0 Å². The summed E-state index contributed by atoms with van der Waals surface area (Å²) in [5.74, 6) is 0.547. The molecule has 0 aliphatic heterocycles. The molecule has 1 heteroatoms. The summed E-state index contributed by atoms with van der Waals surface area (Å²) < 4.78 is 0. The Kier molecular flexibility index (Phi) is 7.65. The summed E-state index contributed by atoms with van der Waals surface area (Å²) in [4.78, 5) is 5.11. The molecule has 25 heavy (non-hydrogen) atoms. The Morgan fingerprint density at radius 3 is 2.12 bits per heavy atom. The fourth-order valence-electron chi connectivity index (χ4n) is 4.63. The Morgan fingerprint density at radius 2 is 1.68 bits per heavy atom. The minimum atomic E-state index is 0.380. The lowest BCUT2D eigenvalue weighted by atomic mass is 9.61. The van der Waals surface area contributed by atoms with Crippen molar-refractivity contribution in [2.24, 2.45) is 21.7 Å². The smallest absolute Gasteiger partial charge is 0.0447 e. The largest absolute Gasteiger partial charge is 0.258 e. The maximum absolute atomic E-state index is 5.11. The highest BCUT2D eigenvalue weighted by Crippen LogP contribution is 2.50. The van der Waals surface area contributed by atoms with E-state index in [-0.39, 0.29) is 0 Å². The number of nitrogens with zero attached hydrogens (tertiary/aromatic N) is 1. The van der Waals surface area contributed by atoms with Crippen LogP contribution in [0.2, 0.25) is 0 Å². The molecule has 0 unspecified atom stereocenters. The first-order valence-corrected chi connectivity index (χ1v) is 9.76. The zero-order valence-electron chi connectivity index (χ0n) is 17.9. The molecule has 0 bridgehead atoms. The molecule has 0 atom stereocenters. The molecular weight excluding hydrogens is 302 g/mol. The standard InChI is InChI=1S/C24H39N/c1-10-13-14-21(18(4)11-2)19(5)25-22(12-3)20-15-23(6,7)17-24(8,9)16-20/h10,12-14,20H,1,11,15-17H2,2-9H3/b14-13-,21-18-,22-12-,25-19-. The van der Waals surface area contributed by atoms with Gasteiger partial charge in [-0.1, -0.05) is 71.1 Å². The third kappa shape index (κ3) is 6.45. The fourth-order valence-corrected chi connectivity index (χ4v) is 4.63. The molecule has 1 aliphatic rings. The summed E-state index contributed by atoms with van der Waals surface area (Å²) in [7, 11) is 0. The van der Waals surface area contributed by atoms with Gasteiger partial charge in [0.05, 0.1) is 0 Å². The van der Waals surface area contributed by atoms with E-state index in [0.29, 0.717) is 16.7 Å². The van der Waals surface area contributed by atoms with Crippen molar-refractivity contribution in [2.75, 3.05) is 0 Å². The molecule has 0 saturated heterocycles. The van der Waals surface area contributed by atoms with Crippen LogP contribution >= 0.6 is 0 Å². The molecule has 0 aromatic carbocycles. The van der Waals surface area contributed by atoms with Crippen LogP contribution in [0.4, 0.5) is 0 Å². The number of allylic oxidation sites excluding steroid dienone is 7. The number of hydrogen-bond donors (Lipinski definition) is 0. The van der Waals surface area contributed by atoms with E-state index < -0.39 is 0 Å². The maximum atomic E-state index is 5.11. The summed E-state index contributed by atoms with van der Waals surface area (Å²) in [6, 6.07) is 0. The van der Waals surface area contributed by atoms with Gasteiger partial charge in [0, 0.05) is 17.3 Å². The van der Waals surface area contributed by atoms with Crippen molar-refractivity contribution in [2.45, 2.75) is 81.1 Å². The molecule has 0 aromatic rings. The van der Waals surface area contributed by atoms with Gasteiger partial charge in [-0.2, -0.15) is 0 Å². The van der Waals surface area contributed by atoms with E-state index in [2.05, 4.69) is 74.1 Å². The van der Waals surface area contributed by atoms with Crippen molar-refractivity contribution in [3.63, 3.8) is 0 Å². The van der Waals surface area contributed by atoms with E-state index in [0.717, 1.165) is 12.1 Å². The van der Waals surface area contributed by atoms with Crippen LogP contribution in [0.3, 0.4) is 0 Å². The van der Waals surface area contributed by atoms with Gasteiger partial charge in [0.15, 0.2) is 0 Å². The predicted molar refractivity (Wildman–Crippen MR) is 114 cm³/mol. The van der Waals surface area contributed by atoms with Crippen LogP contribution in [0.1, 0.15) is 81.1 Å². The highest BCUT2D eigenvalue weighted by Gasteiger charge is 2.39. The zero-order valence-corrected chi connectivity index (χ0v) is 17.9. The molecule has 0 N–H and O–H groups in total. The van der Waals surface area contributed by atoms with Crippen molar-refractivity contribution in [3.05, 3.63) is 47.7 Å². The first kappa shape index (κ1) is 21.7. The van der Waals surface area contributed by atoms with Crippen LogP contribution in [-0.4, -0.2) is 5.71 Å². The molecule has 1 aliphatic carbocycles. The van der Waals surface area contributed by atoms with Gasteiger partial charge < -0.3 is 0 Å². The van der Waals surface area contributed by atoms with Gasteiger partial charge in [-0.25, -0.2) is 0 Å². The SMILES string of the molecule is C=C\C=C/C(C(/C)=N\C(=C/C)C1CC(C)(C)CC(C)(C)C1)=C(\C)CC. The quantitative estimate of drug-likeness (QED) is 0.347. The Morgan fingerprint density at radius 1 is 1.12 bits per heavy atom. The molecule has 1 rings (SSSR count). The summed E-state index contributed by atoms with van der Waals surface area (Å²) in [6.07, 6.45) is 13.0. The van der Waals surface area contributed by atoms with Crippen molar-refractivity contribution < 1.29 is 0 Å². The lowest BCUT2D eigenvalue weighted by Crippen LogP contribution is -2.34. The normalized spacial score (nSPS) is 22.9. The van der Waals surface area contributed by atoms with Gasteiger partial charge in [-0.3, -0.25) is 4.99 Å². The molecule has 0 radical (unpaired) electrons. The van der Waals surface area contributed by atoms with E-state index in [9.17, 15) is 0 Å². The minimum absolute atomic E-state index is 0.380. The summed E-state index contributed by atoms with van der Waals surface area (Å²) in [5, 5.41) is 0. The van der Waals surface area contributed by atoms with E-state index in [1.54, 1.807) is 0 Å². The summed E-state index contributed by atoms with van der Waals surface area (Å²) in [5.41, 5.74) is 5.75. The van der Waals surface area contributed by atoms with Crippen molar-refractivity contribution >= 4 is 5.71 Å². The maximum Gasteiger partial charge on any atom is 0.0447 e. The average molecular weight is 342 g/mol. The zero-order chi connectivity index (χ0) is 19.3. The van der Waals surface area contributed by atoms with E-state index >= 15 is 0 Å². The van der Waals surface area contributed by atoms with Crippen molar-refractivity contribution in [1.82, 2.24) is 0 Å². The monoisotopic (exact) mass is 341 g/mol. The second kappa shape index (κ2) is 8.83. The fraction of sp³-hybridized carbons (Fsp3) is 0.625. The molecule has 0 heterocycles. The van der Waals surface area contributed by atoms with Crippen LogP contribution in [0, 0.1) is 16.7 Å². The number of hydrogen-bond acceptors (Lipinski definition) is 1. The van der Waals surface area contributed by atoms with E-state index in [1.807, 2.05) is 12.2 Å². The third-order valence-electron chi connectivity index (χ3n) is 5.34. The Balaban J connectivity index is 3.20. The van der Waals surface area contributed by atoms with Crippen LogP contribution in [0.5, 0.6) is 0 Å². The number of rotatable bonds is 6. The average Bonchev–Trinajstić information content (AvgIpc) is 2.49. The van der Waals surface area contributed by atoms with Gasteiger partial charge in [0.1, 0.15) is 0 Å². The highest BCUT2D eigenvalue weighted by molar-refractivity contribution is 6.02. The second-order valence-electron chi connectivity index (χ2n) is 9.16. The van der Waals surface area contributed by atoms with Crippen molar-refractivity contribution in [3.8, 4) is 0 Å². The van der Waals surface area contributed by atoms with Gasteiger partial charge >= 0.3 is 0 Å². The first-order chi connectivity index (χ1) is 11.5. The van der Waals surface area contributed by atoms with Crippen LogP contribution in [-0.2, 0) is 0 Å². The lowest BCUT2D eigenvalue weighted by Gasteiger charge is -2.45. The van der Waals surface area contributed by atoms with E-state index in [4.69, 9.17) is 4.99 Å². The lowest BCUT2D eigenvalue weighted by molar-refractivity contribution is 0.0813. The van der Waals surface area contributed by atoms with Gasteiger partial charge in [-0.15, -0.1) is 0 Å². The topological polar surface area (TPSA) is 12.4 Å². The summed E-state index contributed by atoms with van der Waals surface area (Å²) >= 11 is 0. The molecule has 0 aromatic heterocycles.